The summed E-state index contributed by atoms with van der Waals surface area (Å²) in [4.78, 5) is 4.24. The van der Waals surface area contributed by atoms with Gasteiger partial charge in [0.2, 0.25) is 5.89 Å². The fourth-order valence-electron chi connectivity index (χ4n) is 1.44. The molecule has 0 aliphatic rings. The van der Waals surface area contributed by atoms with Crippen LogP contribution in [-0.4, -0.2) is 14.7 Å². The van der Waals surface area contributed by atoms with E-state index < -0.39 is 0 Å². The van der Waals surface area contributed by atoms with Crippen LogP contribution in [0.5, 0.6) is 0 Å². The molecule has 0 spiro atoms. The molecule has 0 fully saturated rings. The molecule has 2 rings (SSSR count). The first kappa shape index (κ1) is 9.92. The van der Waals surface area contributed by atoms with Crippen LogP contribution in [0.1, 0.15) is 24.3 Å². The van der Waals surface area contributed by atoms with E-state index in [4.69, 9.17) is 10.3 Å². The van der Waals surface area contributed by atoms with Gasteiger partial charge in [-0.05, 0) is 12.1 Å². The maximum absolute atomic E-state index is 5.60. The molecule has 0 saturated heterocycles. The zero-order valence-electron chi connectivity index (χ0n) is 8.68. The van der Waals surface area contributed by atoms with Gasteiger partial charge in [0.15, 0.2) is 5.82 Å². The molecule has 5 nitrogen and oxygen atoms in total. The molecule has 2 heterocycles. The van der Waals surface area contributed by atoms with Gasteiger partial charge in [-0.3, -0.25) is 0 Å². The average Bonchev–Trinajstić information content (AvgIpc) is 2.87. The van der Waals surface area contributed by atoms with Crippen molar-refractivity contribution < 1.29 is 4.52 Å². The Morgan fingerprint density at radius 1 is 1.53 bits per heavy atom. The number of rotatable bonds is 4. The summed E-state index contributed by atoms with van der Waals surface area (Å²) in [5, 5.41) is 3.89. The number of nitrogens with two attached hydrogens (primary N) is 1. The highest BCUT2D eigenvalue weighted by atomic mass is 16.5. The highest BCUT2D eigenvalue weighted by Crippen LogP contribution is 2.05. The molecule has 2 aromatic rings. The topological polar surface area (TPSA) is 69.9 Å². The highest BCUT2D eigenvalue weighted by Gasteiger charge is 2.06. The predicted octanol–water partition coefficient (Wildman–Crippen LogP) is 0.940. The second kappa shape index (κ2) is 4.27. The number of nitrogens with zero attached hydrogens (tertiary/aromatic N) is 3. The normalized spacial score (nSPS) is 10.8. The second-order valence-corrected chi connectivity index (χ2v) is 3.29. The van der Waals surface area contributed by atoms with E-state index in [1.807, 2.05) is 29.8 Å². The molecular formula is C10H14N4O. The van der Waals surface area contributed by atoms with Crippen molar-refractivity contribution in [2.75, 3.05) is 0 Å². The van der Waals surface area contributed by atoms with Crippen molar-refractivity contribution in [3.8, 4) is 0 Å². The van der Waals surface area contributed by atoms with Crippen molar-refractivity contribution >= 4 is 0 Å². The van der Waals surface area contributed by atoms with Gasteiger partial charge in [0.1, 0.15) is 0 Å². The summed E-state index contributed by atoms with van der Waals surface area (Å²) in [5.41, 5.74) is 6.66. The van der Waals surface area contributed by atoms with Crippen LogP contribution in [0, 0.1) is 0 Å². The van der Waals surface area contributed by atoms with Gasteiger partial charge in [-0.1, -0.05) is 12.1 Å². The molecule has 0 atom stereocenters. The Hall–Kier alpha value is -1.62. The lowest BCUT2D eigenvalue weighted by Gasteiger charge is -2.03. The molecule has 0 amide bonds. The third kappa shape index (κ3) is 2.07. The average molecular weight is 206 g/mol. The predicted molar refractivity (Wildman–Crippen MR) is 55.1 cm³/mol. The van der Waals surface area contributed by atoms with Crippen molar-refractivity contribution in [3.63, 3.8) is 0 Å². The van der Waals surface area contributed by atoms with Crippen LogP contribution in [-0.2, 0) is 19.5 Å². The van der Waals surface area contributed by atoms with Crippen LogP contribution < -0.4 is 5.73 Å². The Balaban J connectivity index is 2.14. The summed E-state index contributed by atoms with van der Waals surface area (Å²) in [6.07, 6.45) is 2.73. The van der Waals surface area contributed by atoms with Crippen LogP contribution in [0.2, 0.25) is 0 Å². The minimum absolute atomic E-state index is 0.519. The molecule has 0 aliphatic heterocycles. The first-order valence-electron chi connectivity index (χ1n) is 4.99. The molecule has 0 bridgehead atoms. The number of aryl methyl sites for hydroxylation is 1. The van der Waals surface area contributed by atoms with Gasteiger partial charge in [0.05, 0.1) is 6.54 Å². The van der Waals surface area contributed by atoms with Crippen LogP contribution in [0.3, 0.4) is 0 Å². The minimum atomic E-state index is 0.519. The minimum Gasteiger partial charge on any atom is -0.342 e. The Labute approximate surface area is 87.9 Å². The third-order valence-electron chi connectivity index (χ3n) is 2.26. The second-order valence-electron chi connectivity index (χ2n) is 3.29. The van der Waals surface area contributed by atoms with Crippen LogP contribution in [0.15, 0.2) is 22.9 Å². The first-order chi connectivity index (χ1) is 7.33. The van der Waals surface area contributed by atoms with E-state index in [2.05, 4.69) is 10.1 Å². The molecule has 2 N–H and O–H groups in total. The zero-order chi connectivity index (χ0) is 10.7. The van der Waals surface area contributed by atoms with Crippen LogP contribution in [0.4, 0.5) is 0 Å². The number of hydrogen-bond donors (Lipinski definition) is 1. The molecule has 15 heavy (non-hydrogen) atoms. The standard InChI is InChI=1S/C10H14N4O/c1-2-10-12-9(13-15-10)7-14-5-3-4-8(14)6-11/h3-5H,2,6-7,11H2,1H3. The van der Waals surface area contributed by atoms with Crippen LogP contribution in [0.25, 0.3) is 0 Å². The molecule has 0 saturated carbocycles. The van der Waals surface area contributed by atoms with Crippen molar-refractivity contribution in [2.24, 2.45) is 5.73 Å². The molecular weight excluding hydrogens is 192 g/mol. The quantitative estimate of drug-likeness (QED) is 0.808. The monoisotopic (exact) mass is 206 g/mol. The Morgan fingerprint density at radius 3 is 3.07 bits per heavy atom. The van der Waals surface area contributed by atoms with E-state index in [-0.39, 0.29) is 0 Å². The van der Waals surface area contributed by atoms with E-state index in [0.29, 0.717) is 24.8 Å². The molecule has 0 unspecified atom stereocenters. The lowest BCUT2D eigenvalue weighted by Crippen LogP contribution is -2.08. The summed E-state index contributed by atoms with van der Waals surface area (Å²) >= 11 is 0. The molecule has 80 valence electrons. The van der Waals surface area contributed by atoms with Gasteiger partial charge >= 0.3 is 0 Å². The highest BCUT2D eigenvalue weighted by molar-refractivity contribution is 5.08. The van der Waals surface area contributed by atoms with Gasteiger partial charge in [0.25, 0.3) is 0 Å². The number of aromatic nitrogens is 3. The van der Waals surface area contributed by atoms with Gasteiger partial charge < -0.3 is 14.8 Å². The van der Waals surface area contributed by atoms with Gasteiger partial charge in [-0.2, -0.15) is 4.98 Å². The zero-order valence-corrected chi connectivity index (χ0v) is 8.68. The summed E-state index contributed by atoms with van der Waals surface area (Å²) in [5.74, 6) is 1.37. The summed E-state index contributed by atoms with van der Waals surface area (Å²) in [7, 11) is 0. The van der Waals surface area contributed by atoms with E-state index in [0.717, 1.165) is 12.1 Å². The van der Waals surface area contributed by atoms with E-state index in [1.165, 1.54) is 0 Å². The van der Waals surface area contributed by atoms with Crippen molar-refractivity contribution in [2.45, 2.75) is 26.4 Å². The smallest absolute Gasteiger partial charge is 0.226 e. The molecule has 0 aliphatic carbocycles. The Morgan fingerprint density at radius 2 is 2.40 bits per heavy atom. The van der Waals surface area contributed by atoms with E-state index >= 15 is 0 Å². The number of hydrogen-bond acceptors (Lipinski definition) is 4. The Kier molecular flexibility index (Phi) is 2.82. The van der Waals surface area contributed by atoms with Crippen molar-refractivity contribution in [1.29, 1.82) is 0 Å². The fraction of sp³-hybridized carbons (Fsp3) is 0.400. The van der Waals surface area contributed by atoms with Crippen molar-refractivity contribution in [3.05, 3.63) is 35.7 Å². The van der Waals surface area contributed by atoms with Gasteiger partial charge in [0, 0.05) is 24.9 Å². The van der Waals surface area contributed by atoms with Gasteiger partial charge in [-0.15, -0.1) is 0 Å². The molecule has 2 aromatic heterocycles. The summed E-state index contributed by atoms with van der Waals surface area (Å²) in [6, 6.07) is 3.95. The maximum Gasteiger partial charge on any atom is 0.226 e. The van der Waals surface area contributed by atoms with E-state index in [1.54, 1.807) is 0 Å². The van der Waals surface area contributed by atoms with Gasteiger partial charge in [-0.25, -0.2) is 0 Å². The third-order valence-corrected chi connectivity index (χ3v) is 2.26. The van der Waals surface area contributed by atoms with Crippen molar-refractivity contribution in [1.82, 2.24) is 14.7 Å². The molecule has 0 radical (unpaired) electrons. The molecule has 5 heteroatoms. The lowest BCUT2D eigenvalue weighted by atomic mass is 10.4. The molecule has 0 aromatic carbocycles. The largest absolute Gasteiger partial charge is 0.342 e. The van der Waals surface area contributed by atoms with E-state index in [9.17, 15) is 0 Å². The van der Waals surface area contributed by atoms with Crippen LogP contribution >= 0.6 is 0 Å². The fourth-order valence-corrected chi connectivity index (χ4v) is 1.44. The SMILES string of the molecule is CCc1nc(Cn2cccc2CN)no1. The summed E-state index contributed by atoms with van der Waals surface area (Å²) in [6.45, 7) is 3.12. The maximum atomic E-state index is 5.60. The lowest BCUT2D eigenvalue weighted by molar-refractivity contribution is 0.375. The first-order valence-corrected chi connectivity index (χ1v) is 4.99. The summed E-state index contributed by atoms with van der Waals surface area (Å²) < 4.78 is 7.05. The Bertz CT molecular complexity index is 432.